The Labute approximate surface area is 133 Å². The second-order valence-electron chi connectivity index (χ2n) is 7.07. The molecule has 0 aliphatic heterocycles. The molecule has 4 atom stereocenters. The fraction of sp³-hybridized carbons (Fsp3) is 0.632. The molecular formula is C19H27NO2. The second-order valence-corrected chi connectivity index (χ2v) is 7.07. The summed E-state index contributed by atoms with van der Waals surface area (Å²) in [6.45, 7) is 6.08. The number of hydrogen-bond acceptors (Lipinski definition) is 2. The monoisotopic (exact) mass is 301 g/mol. The predicted octanol–water partition coefficient (Wildman–Crippen LogP) is 3.77. The Kier molecular flexibility index (Phi) is 4.42. The molecule has 0 saturated heterocycles. The number of rotatable bonds is 5. The third-order valence-electron chi connectivity index (χ3n) is 5.34. The van der Waals surface area contributed by atoms with Gasteiger partial charge in [0.05, 0.1) is 0 Å². The average molecular weight is 301 g/mol. The Morgan fingerprint density at radius 3 is 2.77 bits per heavy atom. The highest BCUT2D eigenvalue weighted by atomic mass is 16.5. The van der Waals surface area contributed by atoms with Crippen LogP contribution in [0.2, 0.25) is 0 Å². The van der Waals surface area contributed by atoms with Crippen LogP contribution in [0.3, 0.4) is 0 Å². The molecule has 0 unspecified atom stereocenters. The van der Waals surface area contributed by atoms with Crippen molar-refractivity contribution in [2.45, 2.75) is 65.0 Å². The zero-order valence-corrected chi connectivity index (χ0v) is 13.9. The van der Waals surface area contributed by atoms with Crippen molar-refractivity contribution in [1.82, 2.24) is 5.32 Å². The van der Waals surface area contributed by atoms with Crippen LogP contribution in [-0.4, -0.2) is 18.1 Å². The molecule has 1 aromatic carbocycles. The van der Waals surface area contributed by atoms with Gasteiger partial charge in [0, 0.05) is 6.04 Å². The van der Waals surface area contributed by atoms with Crippen LogP contribution < -0.4 is 10.1 Å². The molecule has 3 heteroatoms. The molecule has 22 heavy (non-hydrogen) atoms. The highest BCUT2D eigenvalue weighted by Crippen LogP contribution is 2.44. The number of benzene rings is 1. The lowest BCUT2D eigenvalue weighted by Crippen LogP contribution is -2.45. The van der Waals surface area contributed by atoms with Gasteiger partial charge in [0.1, 0.15) is 5.75 Å². The van der Waals surface area contributed by atoms with E-state index in [0.717, 1.165) is 29.2 Å². The molecule has 2 saturated carbocycles. The third kappa shape index (κ3) is 3.13. The van der Waals surface area contributed by atoms with Crippen molar-refractivity contribution in [2.75, 3.05) is 0 Å². The number of aryl methyl sites for hydroxylation is 2. The molecule has 3 nitrogen and oxygen atoms in total. The molecule has 1 N–H and O–H groups in total. The van der Waals surface area contributed by atoms with Gasteiger partial charge in [-0.1, -0.05) is 25.5 Å². The number of hydrogen-bond donors (Lipinski definition) is 1. The second kappa shape index (κ2) is 6.31. The quantitative estimate of drug-likeness (QED) is 0.899. The molecule has 2 aliphatic rings. The van der Waals surface area contributed by atoms with E-state index in [1.807, 2.05) is 32.9 Å². The Bertz CT molecular complexity index is 554. The Hall–Kier alpha value is -1.51. The van der Waals surface area contributed by atoms with Gasteiger partial charge in [-0.2, -0.15) is 0 Å². The van der Waals surface area contributed by atoms with Crippen LogP contribution in [0.5, 0.6) is 5.75 Å². The highest BCUT2D eigenvalue weighted by Gasteiger charge is 2.40. The number of amides is 1. The maximum Gasteiger partial charge on any atom is 0.261 e. The van der Waals surface area contributed by atoms with E-state index in [4.69, 9.17) is 4.74 Å². The first-order chi connectivity index (χ1) is 10.6. The minimum absolute atomic E-state index is 0.0564. The van der Waals surface area contributed by atoms with E-state index >= 15 is 0 Å². The standard InChI is InChI=1S/C19H27NO2/c1-4-17(22-18-9-12(2)5-6-13(18)3)19(21)20-16-11-14-7-8-15(16)10-14/h5-6,9,14-17H,4,7-8,10-11H2,1-3H3,(H,20,21)/t14-,15-,16-,17-/m0/s1. The largest absolute Gasteiger partial charge is 0.480 e. The Morgan fingerprint density at radius 2 is 2.14 bits per heavy atom. The SMILES string of the molecule is CC[C@H](Oc1cc(C)ccc1C)C(=O)N[C@H]1C[C@H]2CC[C@H]1C2. The summed E-state index contributed by atoms with van der Waals surface area (Å²) in [6.07, 6.45) is 5.41. The van der Waals surface area contributed by atoms with Crippen LogP contribution in [0, 0.1) is 25.7 Å². The van der Waals surface area contributed by atoms with E-state index in [0.29, 0.717) is 18.4 Å². The summed E-state index contributed by atoms with van der Waals surface area (Å²) in [5.41, 5.74) is 2.24. The minimum Gasteiger partial charge on any atom is -0.480 e. The zero-order valence-electron chi connectivity index (χ0n) is 13.9. The van der Waals surface area contributed by atoms with Gasteiger partial charge in [-0.25, -0.2) is 0 Å². The molecule has 1 aromatic rings. The topological polar surface area (TPSA) is 38.3 Å². The van der Waals surface area contributed by atoms with Gasteiger partial charge in [0.2, 0.25) is 0 Å². The average Bonchev–Trinajstić information content (AvgIpc) is 3.10. The summed E-state index contributed by atoms with van der Waals surface area (Å²) in [7, 11) is 0. The molecule has 1 amide bonds. The molecule has 0 spiro atoms. The van der Waals surface area contributed by atoms with Crippen LogP contribution in [-0.2, 0) is 4.79 Å². The Balaban J connectivity index is 1.63. The van der Waals surface area contributed by atoms with Gasteiger partial charge in [-0.15, -0.1) is 0 Å². The van der Waals surface area contributed by atoms with Gasteiger partial charge in [0.25, 0.3) is 5.91 Å². The zero-order chi connectivity index (χ0) is 15.7. The lowest BCUT2D eigenvalue weighted by Gasteiger charge is -2.26. The van der Waals surface area contributed by atoms with Gasteiger partial charge in [-0.05, 0) is 68.6 Å². The van der Waals surface area contributed by atoms with E-state index in [2.05, 4.69) is 11.4 Å². The number of carbonyl (C=O) groups is 1. The van der Waals surface area contributed by atoms with E-state index < -0.39 is 0 Å². The van der Waals surface area contributed by atoms with E-state index in [1.165, 1.54) is 19.3 Å². The summed E-state index contributed by atoms with van der Waals surface area (Å²) >= 11 is 0. The van der Waals surface area contributed by atoms with Gasteiger partial charge >= 0.3 is 0 Å². The molecule has 120 valence electrons. The van der Waals surface area contributed by atoms with E-state index in [-0.39, 0.29) is 12.0 Å². The summed E-state index contributed by atoms with van der Waals surface area (Å²) in [6, 6.07) is 6.51. The van der Waals surface area contributed by atoms with Crippen molar-refractivity contribution in [3.63, 3.8) is 0 Å². The molecule has 2 bridgehead atoms. The fourth-order valence-corrected chi connectivity index (χ4v) is 4.01. The number of ether oxygens (including phenoxy) is 1. The highest BCUT2D eigenvalue weighted by molar-refractivity contribution is 5.81. The lowest BCUT2D eigenvalue weighted by molar-refractivity contribution is -0.129. The summed E-state index contributed by atoms with van der Waals surface area (Å²) in [5, 5.41) is 3.25. The van der Waals surface area contributed by atoms with Crippen LogP contribution in [0.1, 0.15) is 50.2 Å². The summed E-state index contributed by atoms with van der Waals surface area (Å²) in [4.78, 5) is 12.6. The first kappa shape index (κ1) is 15.4. The lowest BCUT2D eigenvalue weighted by atomic mass is 9.95. The minimum atomic E-state index is -0.389. The van der Waals surface area contributed by atoms with Crippen LogP contribution in [0.15, 0.2) is 18.2 Å². The maximum absolute atomic E-state index is 12.6. The molecule has 2 aliphatic carbocycles. The van der Waals surface area contributed by atoms with Crippen molar-refractivity contribution >= 4 is 5.91 Å². The molecule has 3 rings (SSSR count). The first-order valence-electron chi connectivity index (χ1n) is 8.61. The van der Waals surface area contributed by atoms with Gasteiger partial charge < -0.3 is 10.1 Å². The van der Waals surface area contributed by atoms with E-state index in [9.17, 15) is 4.79 Å². The maximum atomic E-state index is 12.6. The normalized spacial score (nSPS) is 27.7. The smallest absolute Gasteiger partial charge is 0.261 e. The molecule has 0 heterocycles. The van der Waals surface area contributed by atoms with Crippen molar-refractivity contribution in [3.05, 3.63) is 29.3 Å². The van der Waals surface area contributed by atoms with Crippen LogP contribution in [0.25, 0.3) is 0 Å². The molecule has 0 aromatic heterocycles. The third-order valence-corrected chi connectivity index (χ3v) is 5.34. The summed E-state index contributed by atoms with van der Waals surface area (Å²) < 4.78 is 6.02. The molecular weight excluding hydrogens is 274 g/mol. The van der Waals surface area contributed by atoms with Crippen LogP contribution >= 0.6 is 0 Å². The van der Waals surface area contributed by atoms with Crippen molar-refractivity contribution in [1.29, 1.82) is 0 Å². The number of fused-ring (bicyclic) bond motifs is 2. The molecule has 2 fully saturated rings. The van der Waals surface area contributed by atoms with Crippen LogP contribution in [0.4, 0.5) is 0 Å². The van der Waals surface area contributed by atoms with E-state index in [1.54, 1.807) is 0 Å². The van der Waals surface area contributed by atoms with Gasteiger partial charge in [-0.3, -0.25) is 4.79 Å². The van der Waals surface area contributed by atoms with Crippen molar-refractivity contribution in [3.8, 4) is 5.75 Å². The fourth-order valence-electron chi connectivity index (χ4n) is 4.01. The van der Waals surface area contributed by atoms with Gasteiger partial charge in [0.15, 0.2) is 6.10 Å². The number of carbonyl (C=O) groups excluding carboxylic acids is 1. The van der Waals surface area contributed by atoms with Crippen molar-refractivity contribution in [2.24, 2.45) is 11.8 Å². The summed E-state index contributed by atoms with van der Waals surface area (Å²) in [5.74, 6) is 2.43. The first-order valence-corrected chi connectivity index (χ1v) is 8.61. The Morgan fingerprint density at radius 1 is 1.32 bits per heavy atom. The number of nitrogens with one attached hydrogen (secondary N) is 1. The molecule has 0 radical (unpaired) electrons. The predicted molar refractivity (Wildman–Crippen MR) is 88.0 cm³/mol. The van der Waals surface area contributed by atoms with Crippen molar-refractivity contribution < 1.29 is 9.53 Å².